The van der Waals surface area contributed by atoms with Crippen LogP contribution in [0.3, 0.4) is 0 Å². The molecule has 0 saturated heterocycles. The highest BCUT2D eigenvalue weighted by atomic mass is 35.5. The van der Waals surface area contributed by atoms with Gasteiger partial charge in [0.15, 0.2) is 6.61 Å². The average molecular weight is 499 g/mol. The molecule has 0 radical (unpaired) electrons. The largest absolute Gasteiger partial charge is 0.482 e. The fourth-order valence-corrected chi connectivity index (χ4v) is 2.68. The standard InChI is InChI=1S/C22H22ClF3N4O4/c1-3-13(2)28-20(32)21(33)30-27-11-14-7-8-18(17(23)9-14)34-12-19(31)29-16-6-4-5-15(10-16)22(24,25)26/h4-11,13H,3,12H2,1-2H3,(H,28,32)(H,29,31)(H,30,33)/b27-11-/t13-/m1/s1. The number of benzene rings is 2. The molecule has 0 fully saturated rings. The van der Waals surface area contributed by atoms with E-state index in [-0.39, 0.29) is 22.5 Å². The Hall–Kier alpha value is -3.60. The first-order valence-electron chi connectivity index (χ1n) is 10.0. The number of nitrogens with one attached hydrogen (secondary N) is 3. The van der Waals surface area contributed by atoms with Crippen molar-refractivity contribution in [3.05, 3.63) is 58.6 Å². The number of rotatable bonds is 8. The topological polar surface area (TPSA) is 109 Å². The highest BCUT2D eigenvalue weighted by Crippen LogP contribution is 2.30. The lowest BCUT2D eigenvalue weighted by Gasteiger charge is -2.11. The summed E-state index contributed by atoms with van der Waals surface area (Å²) in [5.41, 5.74) is 1.64. The Morgan fingerprint density at radius 2 is 1.88 bits per heavy atom. The molecule has 0 heterocycles. The molecule has 1 atom stereocenters. The molecular weight excluding hydrogens is 477 g/mol. The third-order valence-corrected chi connectivity index (χ3v) is 4.66. The number of carbonyl (C=O) groups is 3. The summed E-state index contributed by atoms with van der Waals surface area (Å²) >= 11 is 6.11. The van der Waals surface area contributed by atoms with E-state index in [1.165, 1.54) is 36.5 Å². The third kappa shape index (κ3) is 8.39. The van der Waals surface area contributed by atoms with Crippen LogP contribution in [0.25, 0.3) is 0 Å². The van der Waals surface area contributed by atoms with E-state index in [1.54, 1.807) is 6.92 Å². The summed E-state index contributed by atoms with van der Waals surface area (Å²) in [7, 11) is 0. The molecule has 3 N–H and O–H groups in total. The molecule has 2 aromatic carbocycles. The van der Waals surface area contributed by atoms with Crippen LogP contribution < -0.4 is 20.8 Å². The van der Waals surface area contributed by atoms with Crippen LogP contribution >= 0.6 is 11.6 Å². The van der Waals surface area contributed by atoms with Crippen molar-refractivity contribution < 1.29 is 32.3 Å². The van der Waals surface area contributed by atoms with E-state index in [1.807, 2.05) is 6.92 Å². The number of alkyl halides is 3. The lowest BCUT2D eigenvalue weighted by molar-refractivity contribution is -0.139. The minimum absolute atomic E-state index is 0.0269. The summed E-state index contributed by atoms with van der Waals surface area (Å²) in [5.74, 6) is -2.26. The summed E-state index contributed by atoms with van der Waals surface area (Å²) < 4.78 is 43.6. The van der Waals surface area contributed by atoms with Crippen LogP contribution in [0.2, 0.25) is 5.02 Å². The summed E-state index contributed by atoms with van der Waals surface area (Å²) in [6.45, 7) is 3.13. The van der Waals surface area contributed by atoms with Crippen LogP contribution in [0.15, 0.2) is 47.6 Å². The molecule has 0 aliphatic carbocycles. The van der Waals surface area contributed by atoms with E-state index < -0.39 is 36.1 Å². The predicted molar refractivity (Wildman–Crippen MR) is 121 cm³/mol. The van der Waals surface area contributed by atoms with E-state index >= 15 is 0 Å². The molecular formula is C22H22ClF3N4O4. The monoisotopic (exact) mass is 498 g/mol. The van der Waals surface area contributed by atoms with Gasteiger partial charge in [0, 0.05) is 11.7 Å². The second kappa shape index (κ2) is 12.0. The van der Waals surface area contributed by atoms with E-state index in [4.69, 9.17) is 16.3 Å². The normalized spacial score (nSPS) is 12.2. The van der Waals surface area contributed by atoms with Crippen molar-refractivity contribution in [3.63, 3.8) is 0 Å². The van der Waals surface area contributed by atoms with Crippen molar-refractivity contribution in [1.82, 2.24) is 10.7 Å². The highest BCUT2D eigenvalue weighted by molar-refractivity contribution is 6.35. The Morgan fingerprint density at radius 3 is 2.53 bits per heavy atom. The maximum absolute atomic E-state index is 12.8. The number of hydrogen-bond acceptors (Lipinski definition) is 5. The van der Waals surface area contributed by atoms with Crippen LogP contribution in [-0.4, -0.2) is 36.6 Å². The molecule has 0 aromatic heterocycles. The first-order chi connectivity index (χ1) is 16.0. The maximum atomic E-state index is 12.8. The SMILES string of the molecule is CC[C@@H](C)NC(=O)C(=O)N/N=C\c1ccc(OCC(=O)Nc2cccc(C(F)(F)F)c2)c(Cl)c1. The van der Waals surface area contributed by atoms with Crippen molar-refractivity contribution in [1.29, 1.82) is 0 Å². The molecule has 2 rings (SSSR count). The van der Waals surface area contributed by atoms with Crippen molar-refractivity contribution in [2.24, 2.45) is 5.10 Å². The van der Waals surface area contributed by atoms with Crippen molar-refractivity contribution in [2.75, 3.05) is 11.9 Å². The van der Waals surface area contributed by atoms with Crippen LogP contribution in [0.4, 0.5) is 18.9 Å². The van der Waals surface area contributed by atoms with E-state index in [2.05, 4.69) is 21.2 Å². The van der Waals surface area contributed by atoms with Crippen LogP contribution in [-0.2, 0) is 20.6 Å². The van der Waals surface area contributed by atoms with Crippen molar-refractivity contribution in [2.45, 2.75) is 32.5 Å². The number of nitrogens with zero attached hydrogens (tertiary/aromatic N) is 1. The van der Waals surface area contributed by atoms with Crippen LogP contribution in [0, 0.1) is 0 Å². The molecule has 2 aromatic rings. The van der Waals surface area contributed by atoms with Gasteiger partial charge in [-0.1, -0.05) is 24.6 Å². The molecule has 182 valence electrons. The van der Waals surface area contributed by atoms with Crippen LogP contribution in [0.5, 0.6) is 5.75 Å². The number of hydrogen-bond donors (Lipinski definition) is 3. The molecule has 0 aliphatic rings. The summed E-state index contributed by atoms with van der Waals surface area (Å²) in [4.78, 5) is 35.3. The van der Waals surface area contributed by atoms with E-state index in [9.17, 15) is 27.6 Å². The third-order valence-electron chi connectivity index (χ3n) is 4.36. The first-order valence-corrected chi connectivity index (χ1v) is 10.4. The Bertz CT molecular complexity index is 1080. The van der Waals surface area contributed by atoms with Gasteiger partial charge in [-0.05, 0) is 55.3 Å². The zero-order valence-corrected chi connectivity index (χ0v) is 19.0. The molecule has 12 heteroatoms. The van der Waals surface area contributed by atoms with E-state index in [0.29, 0.717) is 12.0 Å². The Balaban J connectivity index is 1.88. The first kappa shape index (κ1) is 26.7. The molecule has 34 heavy (non-hydrogen) atoms. The molecule has 0 aliphatic heterocycles. The highest BCUT2D eigenvalue weighted by Gasteiger charge is 2.30. The predicted octanol–water partition coefficient (Wildman–Crippen LogP) is 3.74. The molecule has 0 unspecified atom stereocenters. The Labute approximate surface area is 198 Å². The zero-order valence-electron chi connectivity index (χ0n) is 18.2. The number of carbonyl (C=O) groups excluding carboxylic acids is 3. The van der Waals surface area contributed by atoms with Gasteiger partial charge >= 0.3 is 18.0 Å². The maximum Gasteiger partial charge on any atom is 0.416 e. The fourth-order valence-electron chi connectivity index (χ4n) is 2.44. The van der Waals surface area contributed by atoms with Gasteiger partial charge in [0.1, 0.15) is 5.75 Å². The molecule has 0 saturated carbocycles. The Kier molecular flexibility index (Phi) is 9.43. The molecule has 8 nitrogen and oxygen atoms in total. The smallest absolute Gasteiger partial charge is 0.416 e. The minimum atomic E-state index is -4.53. The molecule has 3 amide bonds. The number of amides is 3. The second-order valence-electron chi connectivity index (χ2n) is 7.09. The minimum Gasteiger partial charge on any atom is -0.482 e. The number of ether oxygens (including phenoxy) is 1. The molecule has 0 spiro atoms. The Morgan fingerprint density at radius 1 is 1.15 bits per heavy atom. The lowest BCUT2D eigenvalue weighted by Crippen LogP contribution is -2.41. The lowest BCUT2D eigenvalue weighted by atomic mass is 10.2. The summed E-state index contributed by atoms with van der Waals surface area (Å²) in [5, 5.41) is 8.62. The van der Waals surface area contributed by atoms with Gasteiger partial charge in [-0.25, -0.2) is 5.43 Å². The van der Waals surface area contributed by atoms with Gasteiger partial charge in [0.2, 0.25) is 0 Å². The number of anilines is 1. The zero-order chi connectivity index (χ0) is 25.3. The van der Waals surface area contributed by atoms with Crippen molar-refractivity contribution >= 4 is 41.2 Å². The van der Waals surface area contributed by atoms with Gasteiger partial charge in [-0.3, -0.25) is 14.4 Å². The number of hydrazone groups is 1. The quantitative estimate of drug-likeness (QED) is 0.292. The van der Waals surface area contributed by atoms with Gasteiger partial charge < -0.3 is 15.4 Å². The molecule has 0 bridgehead atoms. The van der Waals surface area contributed by atoms with Crippen LogP contribution in [0.1, 0.15) is 31.4 Å². The van der Waals surface area contributed by atoms with Gasteiger partial charge in [0.05, 0.1) is 16.8 Å². The second-order valence-corrected chi connectivity index (χ2v) is 7.49. The van der Waals surface area contributed by atoms with Crippen molar-refractivity contribution in [3.8, 4) is 5.75 Å². The summed E-state index contributed by atoms with van der Waals surface area (Å²) in [6.07, 6.45) is -2.61. The van der Waals surface area contributed by atoms with Gasteiger partial charge in [-0.2, -0.15) is 18.3 Å². The van der Waals surface area contributed by atoms with Gasteiger partial charge in [-0.15, -0.1) is 0 Å². The summed E-state index contributed by atoms with van der Waals surface area (Å²) in [6, 6.07) is 8.46. The fraction of sp³-hybridized carbons (Fsp3) is 0.273. The average Bonchev–Trinajstić information content (AvgIpc) is 2.77. The van der Waals surface area contributed by atoms with E-state index in [0.717, 1.165) is 12.1 Å². The van der Waals surface area contributed by atoms with Gasteiger partial charge in [0.25, 0.3) is 5.91 Å². The number of halogens is 4.